The molecular weight excluding hydrogens is 390 g/mol. The zero-order valence-corrected chi connectivity index (χ0v) is 17.1. The fourth-order valence-corrected chi connectivity index (χ4v) is 4.33. The first kappa shape index (κ1) is 20.2. The molecule has 1 aliphatic rings. The van der Waals surface area contributed by atoms with E-state index in [0.29, 0.717) is 48.3 Å². The van der Waals surface area contributed by atoms with Crippen molar-refractivity contribution >= 4 is 11.2 Å². The van der Waals surface area contributed by atoms with Crippen LogP contribution in [-0.2, 0) is 20.6 Å². The van der Waals surface area contributed by atoms with Crippen LogP contribution in [0.25, 0.3) is 11.2 Å². The lowest BCUT2D eigenvalue weighted by Crippen LogP contribution is -2.38. The molecule has 1 aliphatic heterocycles. The molecule has 10 heteroatoms. The monoisotopic (exact) mass is 415 g/mol. The molecule has 30 heavy (non-hydrogen) atoms. The van der Waals surface area contributed by atoms with Gasteiger partial charge in [-0.3, -0.25) is 18.8 Å². The molecule has 3 heterocycles. The molecule has 2 aromatic heterocycles. The molecule has 0 radical (unpaired) electrons. The van der Waals surface area contributed by atoms with Gasteiger partial charge >= 0.3 is 5.69 Å². The normalized spacial score (nSPS) is 19.3. The smallest absolute Gasteiger partial charge is 0.332 e. The van der Waals surface area contributed by atoms with Crippen LogP contribution in [0, 0.1) is 0 Å². The number of aromatic hydroxyl groups is 2. The number of aliphatic hydroxyl groups excluding tert-OH is 1. The molecule has 3 aromatic rings. The Bertz CT molecular complexity index is 1240. The largest absolute Gasteiger partial charge is 0.508 e. The van der Waals surface area contributed by atoms with E-state index in [9.17, 15) is 24.9 Å². The summed E-state index contributed by atoms with van der Waals surface area (Å²) in [7, 11) is 3.03. The summed E-state index contributed by atoms with van der Waals surface area (Å²) < 4.78 is 4.16. The van der Waals surface area contributed by atoms with Gasteiger partial charge in [0, 0.05) is 51.4 Å². The molecule has 0 fully saturated rings. The molecule has 0 saturated carbocycles. The number of rotatable bonds is 4. The second-order valence-electron chi connectivity index (χ2n) is 7.82. The average Bonchev–Trinajstić information content (AvgIpc) is 3.12. The molecule has 0 spiro atoms. The highest BCUT2D eigenvalue weighted by molar-refractivity contribution is 5.69. The van der Waals surface area contributed by atoms with Crippen LogP contribution in [0.1, 0.15) is 36.6 Å². The first-order valence-corrected chi connectivity index (χ1v) is 9.79. The first-order valence-electron chi connectivity index (χ1n) is 9.79. The number of phenols is 2. The molecule has 3 N–H and O–H groups in total. The van der Waals surface area contributed by atoms with Gasteiger partial charge in [0.1, 0.15) is 11.5 Å². The van der Waals surface area contributed by atoms with Crippen molar-refractivity contribution in [2.45, 2.75) is 32.0 Å². The molecule has 160 valence electrons. The van der Waals surface area contributed by atoms with Crippen LogP contribution in [-0.4, -0.2) is 52.0 Å². The van der Waals surface area contributed by atoms with Crippen molar-refractivity contribution in [2.24, 2.45) is 14.1 Å². The number of fused-ring (bicyclic) bond motifs is 2. The third kappa shape index (κ3) is 3.08. The summed E-state index contributed by atoms with van der Waals surface area (Å²) in [6, 6.07) is 2.63. The maximum Gasteiger partial charge on any atom is 0.332 e. The van der Waals surface area contributed by atoms with Gasteiger partial charge in [-0.2, -0.15) is 0 Å². The highest BCUT2D eigenvalue weighted by Gasteiger charge is 2.32. The summed E-state index contributed by atoms with van der Waals surface area (Å²) in [6.07, 6.45) is 1.41. The Hall–Kier alpha value is -3.11. The number of aliphatic hydroxyl groups is 1. The second kappa shape index (κ2) is 7.29. The van der Waals surface area contributed by atoms with E-state index in [-0.39, 0.29) is 23.1 Å². The highest BCUT2D eigenvalue weighted by Crippen LogP contribution is 2.41. The number of nitrogens with zero attached hydrogens (tertiary/aromatic N) is 5. The van der Waals surface area contributed by atoms with Gasteiger partial charge in [-0.05, 0) is 25.0 Å². The summed E-state index contributed by atoms with van der Waals surface area (Å²) >= 11 is 0. The van der Waals surface area contributed by atoms with Gasteiger partial charge in [-0.1, -0.05) is 0 Å². The number of aryl methyl sites for hydroxylation is 2. The SMILES string of the molecule is CC1c2c(O)cc(O)cc2C(O)CN1CCCn1cnc2c1c(=O)n(C)c(=O)n2C. The van der Waals surface area contributed by atoms with Gasteiger partial charge in [-0.15, -0.1) is 0 Å². The van der Waals surface area contributed by atoms with Crippen molar-refractivity contribution in [2.75, 3.05) is 13.1 Å². The maximum absolute atomic E-state index is 12.5. The third-order valence-corrected chi connectivity index (χ3v) is 5.97. The number of hydrogen-bond donors (Lipinski definition) is 3. The molecule has 4 rings (SSSR count). The Balaban J connectivity index is 1.54. The maximum atomic E-state index is 12.5. The summed E-state index contributed by atoms with van der Waals surface area (Å²) in [6.45, 7) is 3.44. The number of imidazole rings is 1. The Labute approximate surface area is 171 Å². The van der Waals surface area contributed by atoms with E-state index in [2.05, 4.69) is 9.88 Å². The zero-order chi connectivity index (χ0) is 21.7. The Morgan fingerprint density at radius 2 is 1.87 bits per heavy atom. The van der Waals surface area contributed by atoms with Crippen molar-refractivity contribution in [3.8, 4) is 11.5 Å². The molecular formula is C20H25N5O5. The van der Waals surface area contributed by atoms with Crippen LogP contribution in [0.4, 0.5) is 0 Å². The van der Waals surface area contributed by atoms with Crippen LogP contribution >= 0.6 is 0 Å². The molecule has 0 bridgehead atoms. The predicted molar refractivity (Wildman–Crippen MR) is 110 cm³/mol. The Morgan fingerprint density at radius 1 is 1.13 bits per heavy atom. The van der Waals surface area contributed by atoms with E-state index in [1.54, 1.807) is 17.9 Å². The number of hydrogen-bond acceptors (Lipinski definition) is 7. The minimum atomic E-state index is -0.815. The fourth-order valence-electron chi connectivity index (χ4n) is 4.33. The molecule has 10 nitrogen and oxygen atoms in total. The molecule has 0 aliphatic carbocycles. The van der Waals surface area contributed by atoms with Gasteiger partial charge in [0.25, 0.3) is 5.56 Å². The summed E-state index contributed by atoms with van der Waals surface area (Å²) in [5.41, 5.74) is 1.09. The van der Waals surface area contributed by atoms with Gasteiger partial charge in [0.2, 0.25) is 0 Å². The molecule has 1 aromatic carbocycles. The van der Waals surface area contributed by atoms with E-state index < -0.39 is 11.8 Å². The van der Waals surface area contributed by atoms with E-state index in [1.807, 2.05) is 6.92 Å². The Kier molecular flexibility index (Phi) is 4.91. The number of phenolic OH excluding ortho intramolecular Hbond substituents is 2. The second-order valence-corrected chi connectivity index (χ2v) is 7.82. The fraction of sp³-hybridized carbons (Fsp3) is 0.450. The van der Waals surface area contributed by atoms with Crippen LogP contribution in [0.3, 0.4) is 0 Å². The van der Waals surface area contributed by atoms with Gasteiger partial charge in [-0.25, -0.2) is 9.78 Å². The quantitative estimate of drug-likeness (QED) is 0.561. The van der Waals surface area contributed by atoms with E-state index in [0.717, 1.165) is 4.57 Å². The predicted octanol–water partition coefficient (Wildman–Crippen LogP) is 0.345. The topological polar surface area (TPSA) is 126 Å². The zero-order valence-electron chi connectivity index (χ0n) is 17.1. The van der Waals surface area contributed by atoms with Crippen molar-refractivity contribution in [3.63, 3.8) is 0 Å². The van der Waals surface area contributed by atoms with E-state index in [1.165, 1.54) is 23.7 Å². The average molecular weight is 415 g/mol. The van der Waals surface area contributed by atoms with Crippen LogP contribution in [0.2, 0.25) is 0 Å². The standard InChI is InChI=1S/C20H25N5O5/c1-11-16-13(7-12(26)8-14(16)27)15(28)9-24(11)5-4-6-25-10-21-18-17(25)19(29)23(3)20(30)22(18)2/h7-8,10-11,15,26-28H,4-6,9H2,1-3H3. The van der Waals surface area contributed by atoms with Crippen LogP contribution < -0.4 is 11.2 Å². The van der Waals surface area contributed by atoms with E-state index >= 15 is 0 Å². The van der Waals surface area contributed by atoms with Gasteiger partial charge in [0.05, 0.1) is 12.4 Å². The number of β-amino-alcohol motifs (C(OH)–C–C–N with tert-alkyl or cyclic N) is 1. The summed E-state index contributed by atoms with van der Waals surface area (Å²) in [4.78, 5) is 30.9. The molecule has 2 unspecified atom stereocenters. The number of benzene rings is 1. The minimum Gasteiger partial charge on any atom is -0.508 e. The molecule has 0 amide bonds. The summed E-state index contributed by atoms with van der Waals surface area (Å²) in [5.74, 6) is -0.111. The van der Waals surface area contributed by atoms with Gasteiger partial charge < -0.3 is 19.9 Å². The van der Waals surface area contributed by atoms with Crippen molar-refractivity contribution < 1.29 is 15.3 Å². The lowest BCUT2D eigenvalue weighted by atomic mass is 9.90. The number of aromatic nitrogens is 4. The lowest BCUT2D eigenvalue weighted by Gasteiger charge is -2.38. The van der Waals surface area contributed by atoms with Crippen molar-refractivity contribution in [1.29, 1.82) is 0 Å². The molecule has 2 atom stereocenters. The lowest BCUT2D eigenvalue weighted by molar-refractivity contribution is 0.0684. The van der Waals surface area contributed by atoms with Crippen molar-refractivity contribution in [1.82, 2.24) is 23.6 Å². The van der Waals surface area contributed by atoms with Gasteiger partial charge in [0.15, 0.2) is 11.2 Å². The third-order valence-electron chi connectivity index (χ3n) is 5.97. The first-order chi connectivity index (χ1) is 14.2. The van der Waals surface area contributed by atoms with Crippen molar-refractivity contribution in [3.05, 3.63) is 50.4 Å². The minimum absolute atomic E-state index is 0.0359. The van der Waals surface area contributed by atoms with Crippen LogP contribution in [0.5, 0.6) is 11.5 Å². The van der Waals surface area contributed by atoms with Crippen LogP contribution in [0.15, 0.2) is 28.0 Å². The highest BCUT2D eigenvalue weighted by atomic mass is 16.3. The molecule has 0 saturated heterocycles. The van der Waals surface area contributed by atoms with E-state index in [4.69, 9.17) is 0 Å². The Morgan fingerprint density at radius 3 is 2.60 bits per heavy atom. The summed E-state index contributed by atoms with van der Waals surface area (Å²) in [5, 5.41) is 30.5.